The molecule has 1 aliphatic rings. The van der Waals surface area contributed by atoms with E-state index in [-0.39, 0.29) is 17.6 Å². The maximum absolute atomic E-state index is 12.9. The molecule has 3 nitrogen and oxygen atoms in total. The van der Waals surface area contributed by atoms with Crippen molar-refractivity contribution in [3.05, 3.63) is 71.5 Å². The number of nitrogens with one attached hydrogen (secondary N) is 2. The van der Waals surface area contributed by atoms with Gasteiger partial charge in [-0.15, -0.1) is 0 Å². The summed E-state index contributed by atoms with van der Waals surface area (Å²) in [5.74, 6) is 0.802. The van der Waals surface area contributed by atoms with Gasteiger partial charge < -0.3 is 10.6 Å². The average molecular weight is 368 g/mol. The molecule has 1 fully saturated rings. The van der Waals surface area contributed by atoms with Crippen LogP contribution in [0.4, 0.5) is 4.39 Å². The molecule has 1 saturated carbocycles. The van der Waals surface area contributed by atoms with Crippen molar-refractivity contribution in [3.63, 3.8) is 0 Å². The number of hydrogen-bond acceptors (Lipinski definition) is 2. The number of carbonyl (C=O) groups excluding carboxylic acids is 1. The summed E-state index contributed by atoms with van der Waals surface area (Å²) in [6.45, 7) is 2.43. The topological polar surface area (TPSA) is 41.1 Å². The van der Waals surface area contributed by atoms with Crippen molar-refractivity contribution in [1.82, 2.24) is 10.6 Å². The Morgan fingerprint density at radius 1 is 0.926 bits per heavy atom. The lowest BCUT2D eigenvalue weighted by Crippen LogP contribution is -2.35. The van der Waals surface area contributed by atoms with E-state index in [1.165, 1.54) is 17.7 Å². The highest BCUT2D eigenvalue weighted by Crippen LogP contribution is 2.28. The Labute approximate surface area is 161 Å². The third-order valence-corrected chi connectivity index (χ3v) is 5.45. The Morgan fingerprint density at radius 2 is 1.63 bits per heavy atom. The predicted molar refractivity (Wildman–Crippen MR) is 107 cm³/mol. The van der Waals surface area contributed by atoms with E-state index in [9.17, 15) is 9.18 Å². The lowest BCUT2D eigenvalue weighted by molar-refractivity contribution is -0.126. The van der Waals surface area contributed by atoms with Gasteiger partial charge in [0.25, 0.3) is 0 Å². The molecule has 0 aliphatic heterocycles. The third-order valence-electron chi connectivity index (χ3n) is 5.45. The van der Waals surface area contributed by atoms with Crippen LogP contribution in [0.2, 0.25) is 0 Å². The zero-order chi connectivity index (χ0) is 18.9. The van der Waals surface area contributed by atoms with Crippen LogP contribution in [0, 0.1) is 17.7 Å². The van der Waals surface area contributed by atoms with Crippen molar-refractivity contribution in [3.8, 4) is 0 Å². The van der Waals surface area contributed by atoms with Crippen molar-refractivity contribution in [2.24, 2.45) is 11.8 Å². The van der Waals surface area contributed by atoms with Gasteiger partial charge in [0.15, 0.2) is 0 Å². The molecule has 0 bridgehead atoms. The molecule has 0 heterocycles. The van der Waals surface area contributed by atoms with Crippen LogP contribution in [-0.4, -0.2) is 19.0 Å². The Balaban J connectivity index is 1.30. The minimum atomic E-state index is -0.195. The standard InChI is InChI=1S/C23H29FN2O/c24-22-12-8-20(9-13-22)17-25-16-19-6-10-21(11-7-19)23(27)26-15-14-18-4-2-1-3-5-18/h1-5,8-9,12-13,19,21,25H,6-7,10-11,14-17H2,(H,26,27). The van der Waals surface area contributed by atoms with Gasteiger partial charge in [-0.25, -0.2) is 4.39 Å². The Kier molecular flexibility index (Phi) is 7.40. The lowest BCUT2D eigenvalue weighted by Gasteiger charge is -2.28. The normalized spacial score (nSPS) is 19.6. The molecule has 0 saturated heterocycles. The first-order valence-corrected chi connectivity index (χ1v) is 9.97. The van der Waals surface area contributed by atoms with Gasteiger partial charge in [0.05, 0.1) is 0 Å². The van der Waals surface area contributed by atoms with Gasteiger partial charge in [0, 0.05) is 19.0 Å². The molecule has 1 aliphatic carbocycles. The van der Waals surface area contributed by atoms with Gasteiger partial charge in [0.1, 0.15) is 5.82 Å². The van der Waals surface area contributed by atoms with E-state index in [4.69, 9.17) is 0 Å². The largest absolute Gasteiger partial charge is 0.356 e. The Morgan fingerprint density at radius 3 is 2.33 bits per heavy atom. The summed E-state index contributed by atoms with van der Waals surface area (Å²) >= 11 is 0. The highest BCUT2D eigenvalue weighted by atomic mass is 19.1. The quantitative estimate of drug-likeness (QED) is 0.737. The van der Waals surface area contributed by atoms with Crippen LogP contribution < -0.4 is 10.6 Å². The molecule has 1 amide bonds. The number of halogens is 1. The lowest BCUT2D eigenvalue weighted by atomic mass is 9.81. The molecule has 0 spiro atoms. The second-order valence-electron chi connectivity index (χ2n) is 7.50. The van der Waals surface area contributed by atoms with Crippen LogP contribution >= 0.6 is 0 Å². The van der Waals surface area contributed by atoms with E-state index in [1.54, 1.807) is 0 Å². The fourth-order valence-electron chi connectivity index (χ4n) is 3.77. The van der Waals surface area contributed by atoms with E-state index in [1.807, 2.05) is 30.3 Å². The third kappa shape index (κ3) is 6.47. The first-order chi connectivity index (χ1) is 13.2. The minimum Gasteiger partial charge on any atom is -0.356 e. The van der Waals surface area contributed by atoms with Crippen molar-refractivity contribution in [2.45, 2.75) is 38.6 Å². The number of hydrogen-bond donors (Lipinski definition) is 2. The van der Waals surface area contributed by atoms with Gasteiger partial charge in [-0.05, 0) is 67.8 Å². The van der Waals surface area contributed by atoms with Crippen LogP contribution in [0.5, 0.6) is 0 Å². The van der Waals surface area contributed by atoms with Crippen molar-refractivity contribution in [1.29, 1.82) is 0 Å². The zero-order valence-electron chi connectivity index (χ0n) is 15.8. The molecule has 2 N–H and O–H groups in total. The van der Waals surface area contributed by atoms with Crippen molar-refractivity contribution < 1.29 is 9.18 Å². The number of amides is 1. The molecule has 2 aromatic carbocycles. The molecule has 3 rings (SSSR count). The first-order valence-electron chi connectivity index (χ1n) is 9.97. The summed E-state index contributed by atoms with van der Waals surface area (Å²) in [6.07, 6.45) is 5.01. The Bertz CT molecular complexity index is 694. The monoisotopic (exact) mass is 368 g/mol. The van der Waals surface area contributed by atoms with Crippen molar-refractivity contribution >= 4 is 5.91 Å². The van der Waals surface area contributed by atoms with Crippen LogP contribution in [0.15, 0.2) is 54.6 Å². The molecular formula is C23H29FN2O. The summed E-state index contributed by atoms with van der Waals surface area (Å²) in [5.41, 5.74) is 2.36. The average Bonchev–Trinajstić information content (AvgIpc) is 2.71. The second-order valence-corrected chi connectivity index (χ2v) is 7.50. The summed E-state index contributed by atoms with van der Waals surface area (Å²) < 4.78 is 12.9. The highest BCUT2D eigenvalue weighted by molar-refractivity contribution is 5.78. The molecule has 4 heteroatoms. The molecule has 0 aromatic heterocycles. The molecule has 0 unspecified atom stereocenters. The van der Waals surface area contributed by atoms with E-state index in [0.717, 1.165) is 50.8 Å². The highest BCUT2D eigenvalue weighted by Gasteiger charge is 2.25. The predicted octanol–water partition coefficient (Wildman–Crippen LogP) is 4.08. The molecule has 144 valence electrons. The molecule has 0 radical (unpaired) electrons. The van der Waals surface area contributed by atoms with E-state index in [2.05, 4.69) is 22.8 Å². The van der Waals surface area contributed by atoms with Crippen LogP contribution in [0.25, 0.3) is 0 Å². The molecular weight excluding hydrogens is 339 g/mol. The van der Waals surface area contributed by atoms with Crippen LogP contribution in [0.1, 0.15) is 36.8 Å². The summed E-state index contributed by atoms with van der Waals surface area (Å²) in [7, 11) is 0. The molecule has 2 aromatic rings. The Hall–Kier alpha value is -2.20. The van der Waals surface area contributed by atoms with Crippen molar-refractivity contribution in [2.75, 3.05) is 13.1 Å². The van der Waals surface area contributed by atoms with Gasteiger partial charge >= 0.3 is 0 Å². The fourth-order valence-corrected chi connectivity index (χ4v) is 3.77. The zero-order valence-corrected chi connectivity index (χ0v) is 15.8. The SMILES string of the molecule is O=C(NCCc1ccccc1)C1CCC(CNCc2ccc(F)cc2)CC1. The van der Waals surface area contributed by atoms with Gasteiger partial charge in [0.2, 0.25) is 5.91 Å². The maximum atomic E-state index is 12.9. The van der Waals surface area contributed by atoms with Gasteiger partial charge in [-0.3, -0.25) is 4.79 Å². The minimum absolute atomic E-state index is 0.161. The van der Waals surface area contributed by atoms with Gasteiger partial charge in [-0.1, -0.05) is 42.5 Å². The number of rotatable bonds is 8. The number of carbonyl (C=O) groups is 1. The smallest absolute Gasteiger partial charge is 0.223 e. The van der Waals surface area contributed by atoms with Crippen LogP contribution in [0.3, 0.4) is 0 Å². The van der Waals surface area contributed by atoms with E-state index in [0.29, 0.717) is 12.5 Å². The summed E-state index contributed by atoms with van der Waals surface area (Å²) in [4.78, 5) is 12.4. The molecule has 0 atom stereocenters. The van der Waals surface area contributed by atoms with E-state index >= 15 is 0 Å². The first kappa shape index (κ1) is 19.6. The summed E-state index contributed by atoms with van der Waals surface area (Å²) in [5, 5.41) is 6.56. The molecule has 27 heavy (non-hydrogen) atoms. The summed E-state index contributed by atoms with van der Waals surface area (Å²) in [6, 6.07) is 16.9. The number of benzene rings is 2. The van der Waals surface area contributed by atoms with Gasteiger partial charge in [-0.2, -0.15) is 0 Å². The van der Waals surface area contributed by atoms with Crippen LogP contribution in [-0.2, 0) is 17.8 Å². The maximum Gasteiger partial charge on any atom is 0.223 e. The second kappa shape index (κ2) is 10.2. The van der Waals surface area contributed by atoms with E-state index < -0.39 is 0 Å². The fraction of sp³-hybridized carbons (Fsp3) is 0.435.